The number of H-pyrrole nitrogens is 1. The average molecular weight is 386 g/mol. The van der Waals surface area contributed by atoms with Crippen LogP contribution < -0.4 is 0 Å². The second-order valence-electron chi connectivity index (χ2n) is 7.48. The van der Waals surface area contributed by atoms with Gasteiger partial charge in [-0.05, 0) is 30.9 Å². The third-order valence-corrected chi connectivity index (χ3v) is 6.67. The van der Waals surface area contributed by atoms with Gasteiger partial charge in [-0.15, -0.1) is 0 Å². The number of nitrogens with zero attached hydrogens (tertiary/aromatic N) is 2. The van der Waals surface area contributed by atoms with E-state index in [4.69, 9.17) is 0 Å². The molecule has 2 fully saturated rings. The molecule has 2 saturated heterocycles. The summed E-state index contributed by atoms with van der Waals surface area (Å²) in [5, 5.41) is 1.19. The Balaban J connectivity index is 1.33. The molecule has 6 heteroatoms. The van der Waals surface area contributed by atoms with Crippen LogP contribution in [0.4, 0.5) is 0 Å². The Morgan fingerprint density at radius 3 is 2.78 bits per heavy atom. The van der Waals surface area contributed by atoms with Crippen LogP contribution in [0.15, 0.2) is 30.5 Å². The first kappa shape index (κ1) is 18.4. The van der Waals surface area contributed by atoms with Gasteiger partial charge in [-0.1, -0.05) is 18.2 Å². The number of hydrogen-bond acceptors (Lipinski definition) is 3. The Morgan fingerprint density at radius 1 is 1.11 bits per heavy atom. The number of amides is 2. The number of likely N-dealkylation sites (tertiary alicyclic amines) is 1. The second kappa shape index (κ2) is 8.38. The van der Waals surface area contributed by atoms with Crippen LogP contribution >= 0.6 is 11.8 Å². The first-order valence-electron chi connectivity index (χ1n) is 9.91. The smallest absolute Gasteiger partial charge is 0.227 e. The molecular weight excluding hydrogens is 358 g/mol. The number of aromatic nitrogens is 1. The van der Waals surface area contributed by atoms with Crippen LogP contribution in [-0.2, 0) is 16.0 Å². The maximum Gasteiger partial charge on any atom is 0.227 e. The summed E-state index contributed by atoms with van der Waals surface area (Å²) in [6.45, 7) is 3.09. The Bertz CT molecular complexity index is 813. The molecule has 2 aromatic rings. The van der Waals surface area contributed by atoms with E-state index < -0.39 is 0 Å². The summed E-state index contributed by atoms with van der Waals surface area (Å²) < 4.78 is 0. The van der Waals surface area contributed by atoms with Crippen molar-refractivity contribution >= 4 is 34.5 Å². The van der Waals surface area contributed by atoms with Gasteiger partial charge >= 0.3 is 0 Å². The first-order valence-corrected chi connectivity index (χ1v) is 11.1. The van der Waals surface area contributed by atoms with E-state index in [9.17, 15) is 9.59 Å². The number of carbonyl (C=O) groups excluding carboxylic acids is 2. The number of thioether (sulfide) groups is 1. The van der Waals surface area contributed by atoms with Crippen molar-refractivity contribution in [3.8, 4) is 0 Å². The van der Waals surface area contributed by atoms with E-state index in [2.05, 4.69) is 17.1 Å². The maximum absolute atomic E-state index is 12.8. The van der Waals surface area contributed by atoms with Crippen LogP contribution in [0.1, 0.15) is 24.8 Å². The molecule has 1 aromatic heterocycles. The SMILES string of the molecule is O=C(CCc1c[nH]c2ccccc12)N1CCC[C@H](C(=O)N2CCSCC2)C1. The topological polar surface area (TPSA) is 56.4 Å². The molecule has 0 aliphatic carbocycles. The number of piperidine rings is 1. The van der Waals surface area contributed by atoms with E-state index in [-0.39, 0.29) is 17.7 Å². The second-order valence-corrected chi connectivity index (χ2v) is 8.70. The number of carbonyl (C=O) groups is 2. The number of rotatable bonds is 4. The lowest BCUT2D eigenvalue weighted by molar-refractivity contribution is -0.140. The van der Waals surface area contributed by atoms with Crippen LogP contribution in [0, 0.1) is 5.92 Å². The Hall–Kier alpha value is -1.95. The van der Waals surface area contributed by atoms with Crippen molar-refractivity contribution in [2.75, 3.05) is 37.7 Å². The zero-order valence-corrected chi connectivity index (χ0v) is 16.5. The minimum atomic E-state index is -0.0149. The third-order valence-electron chi connectivity index (χ3n) is 5.73. The lowest BCUT2D eigenvalue weighted by Gasteiger charge is -2.36. The van der Waals surface area contributed by atoms with Gasteiger partial charge in [0.05, 0.1) is 5.92 Å². The van der Waals surface area contributed by atoms with Gasteiger partial charge < -0.3 is 14.8 Å². The van der Waals surface area contributed by atoms with Crippen LogP contribution in [0.5, 0.6) is 0 Å². The van der Waals surface area contributed by atoms with Gasteiger partial charge in [-0.25, -0.2) is 0 Å². The van der Waals surface area contributed by atoms with Crippen molar-refractivity contribution in [3.63, 3.8) is 0 Å². The molecule has 2 aliphatic rings. The largest absolute Gasteiger partial charge is 0.361 e. The predicted molar refractivity (Wildman–Crippen MR) is 110 cm³/mol. The van der Waals surface area contributed by atoms with Gasteiger partial charge in [0.2, 0.25) is 11.8 Å². The number of fused-ring (bicyclic) bond motifs is 1. The highest BCUT2D eigenvalue weighted by atomic mass is 32.2. The molecular formula is C21H27N3O2S. The summed E-state index contributed by atoms with van der Waals surface area (Å²) in [6.07, 6.45) is 5.09. The minimum Gasteiger partial charge on any atom is -0.361 e. The monoisotopic (exact) mass is 385 g/mol. The van der Waals surface area contributed by atoms with E-state index >= 15 is 0 Å². The normalized spacial score (nSPS) is 20.8. The molecule has 1 aromatic carbocycles. The molecule has 0 unspecified atom stereocenters. The summed E-state index contributed by atoms with van der Waals surface area (Å²) in [4.78, 5) is 32.7. The predicted octanol–water partition coefficient (Wildman–Crippen LogP) is 2.91. The van der Waals surface area contributed by atoms with Crippen molar-refractivity contribution in [2.45, 2.75) is 25.7 Å². The summed E-state index contributed by atoms with van der Waals surface area (Å²) >= 11 is 1.91. The number of nitrogens with one attached hydrogen (secondary N) is 1. The molecule has 3 heterocycles. The van der Waals surface area contributed by atoms with Crippen LogP contribution in [-0.4, -0.2) is 64.3 Å². The van der Waals surface area contributed by atoms with E-state index in [1.54, 1.807) is 0 Å². The lowest BCUT2D eigenvalue weighted by atomic mass is 9.96. The lowest BCUT2D eigenvalue weighted by Crippen LogP contribution is -2.48. The zero-order valence-electron chi connectivity index (χ0n) is 15.7. The summed E-state index contributed by atoms with van der Waals surface area (Å²) in [5.74, 6) is 2.48. The number of hydrogen-bond donors (Lipinski definition) is 1. The third kappa shape index (κ3) is 4.15. The first-order chi connectivity index (χ1) is 13.2. The summed E-state index contributed by atoms with van der Waals surface area (Å²) in [6, 6.07) is 8.19. The summed E-state index contributed by atoms with van der Waals surface area (Å²) in [7, 11) is 0. The Morgan fingerprint density at radius 2 is 1.93 bits per heavy atom. The zero-order chi connectivity index (χ0) is 18.6. The van der Waals surface area contributed by atoms with Crippen LogP contribution in [0.3, 0.4) is 0 Å². The van der Waals surface area contributed by atoms with Crippen LogP contribution in [0.25, 0.3) is 10.9 Å². The molecule has 1 atom stereocenters. The molecule has 27 heavy (non-hydrogen) atoms. The average Bonchev–Trinajstić information content (AvgIpc) is 3.15. The highest BCUT2D eigenvalue weighted by molar-refractivity contribution is 7.99. The molecule has 0 radical (unpaired) electrons. The van der Waals surface area contributed by atoms with Crippen LogP contribution in [0.2, 0.25) is 0 Å². The molecule has 1 N–H and O–H groups in total. The molecule has 4 rings (SSSR count). The highest BCUT2D eigenvalue weighted by Crippen LogP contribution is 2.23. The number of para-hydroxylation sites is 1. The standard InChI is InChI=1S/C21H27N3O2S/c25-20(8-7-16-14-22-19-6-2-1-5-18(16)19)24-9-3-4-17(15-24)21(26)23-10-12-27-13-11-23/h1-2,5-6,14,17,22H,3-4,7-13,15H2/t17-/m0/s1. The molecule has 2 amide bonds. The minimum absolute atomic E-state index is 0.0149. The van der Waals surface area contributed by atoms with Crippen molar-refractivity contribution in [3.05, 3.63) is 36.0 Å². The van der Waals surface area contributed by atoms with Crippen molar-refractivity contribution < 1.29 is 9.59 Å². The molecule has 0 bridgehead atoms. The fraction of sp³-hybridized carbons (Fsp3) is 0.524. The van der Waals surface area contributed by atoms with Gasteiger partial charge in [0.15, 0.2) is 0 Å². The number of aromatic amines is 1. The molecule has 5 nitrogen and oxygen atoms in total. The molecule has 2 aliphatic heterocycles. The Kier molecular flexibility index (Phi) is 5.72. The Labute approximate surface area is 164 Å². The van der Waals surface area contributed by atoms with Gasteiger partial charge in [0.1, 0.15) is 0 Å². The van der Waals surface area contributed by atoms with E-state index in [1.807, 2.05) is 39.9 Å². The van der Waals surface area contributed by atoms with Gasteiger partial charge in [-0.2, -0.15) is 11.8 Å². The summed E-state index contributed by atoms with van der Waals surface area (Å²) in [5.41, 5.74) is 2.30. The maximum atomic E-state index is 12.8. The quantitative estimate of drug-likeness (QED) is 0.880. The number of aryl methyl sites for hydroxylation is 1. The molecule has 0 spiro atoms. The molecule has 0 saturated carbocycles. The molecule has 144 valence electrons. The van der Waals surface area contributed by atoms with Crippen molar-refractivity contribution in [1.82, 2.24) is 14.8 Å². The van der Waals surface area contributed by atoms with E-state index in [0.717, 1.165) is 55.9 Å². The van der Waals surface area contributed by atoms with Crippen molar-refractivity contribution in [1.29, 1.82) is 0 Å². The van der Waals surface area contributed by atoms with Gasteiger partial charge in [-0.3, -0.25) is 9.59 Å². The van der Waals surface area contributed by atoms with E-state index in [1.165, 1.54) is 10.9 Å². The fourth-order valence-corrected chi connectivity index (χ4v) is 5.09. The highest BCUT2D eigenvalue weighted by Gasteiger charge is 2.31. The van der Waals surface area contributed by atoms with E-state index in [0.29, 0.717) is 13.0 Å². The number of benzene rings is 1. The van der Waals surface area contributed by atoms with Crippen molar-refractivity contribution in [2.24, 2.45) is 5.92 Å². The fourth-order valence-electron chi connectivity index (χ4n) is 4.19. The van der Waals surface area contributed by atoms with Gasteiger partial charge in [0.25, 0.3) is 0 Å². The van der Waals surface area contributed by atoms with Gasteiger partial charge in [0, 0.05) is 61.2 Å².